The maximum absolute atomic E-state index is 11.4. The minimum Gasteiger partial charge on any atom is -0.494 e. The predicted octanol–water partition coefficient (Wildman–Crippen LogP) is 1.07. The van der Waals surface area contributed by atoms with E-state index in [-0.39, 0.29) is 11.4 Å². The van der Waals surface area contributed by atoms with E-state index >= 15 is 0 Å². The molecule has 6 nitrogen and oxygen atoms in total. The number of hydrogen-bond acceptors (Lipinski definition) is 6. The van der Waals surface area contributed by atoms with Gasteiger partial charge in [0.1, 0.15) is 0 Å². The van der Waals surface area contributed by atoms with Gasteiger partial charge in [-0.25, -0.2) is 0 Å². The zero-order valence-corrected chi connectivity index (χ0v) is 9.73. The minimum absolute atomic E-state index is 0.0939. The molecule has 1 heterocycles. The van der Waals surface area contributed by atoms with Crippen molar-refractivity contribution >= 4 is 22.8 Å². The van der Waals surface area contributed by atoms with E-state index in [4.69, 9.17) is 5.90 Å². The molecule has 0 fully saturated rings. The zero-order valence-electron chi connectivity index (χ0n) is 8.91. The largest absolute Gasteiger partial charge is 0.494 e. The highest BCUT2D eigenvalue weighted by molar-refractivity contribution is 7.94. The van der Waals surface area contributed by atoms with Gasteiger partial charge in [-0.05, 0) is 17.5 Å². The van der Waals surface area contributed by atoms with Crippen molar-refractivity contribution in [3.8, 4) is 5.88 Å². The van der Waals surface area contributed by atoms with Gasteiger partial charge in [-0.2, -0.15) is 5.90 Å². The number of nitrogens with two attached hydrogens (primary N) is 1. The molecule has 0 amide bonds. The van der Waals surface area contributed by atoms with Gasteiger partial charge < -0.3 is 5.11 Å². The summed E-state index contributed by atoms with van der Waals surface area (Å²) in [7, 11) is 1.50. The SMILES string of the molecule is Cn1c(O)c2cc(SOON)ccc2cc1=O. The van der Waals surface area contributed by atoms with Gasteiger partial charge in [0.15, 0.2) is 0 Å². The van der Waals surface area contributed by atoms with Crippen LogP contribution in [0.25, 0.3) is 10.8 Å². The molecule has 0 spiro atoms. The molecular formula is C10H10N2O4S. The van der Waals surface area contributed by atoms with Crippen molar-refractivity contribution in [1.82, 2.24) is 4.57 Å². The molecule has 90 valence electrons. The van der Waals surface area contributed by atoms with Crippen LogP contribution < -0.4 is 11.5 Å². The third kappa shape index (κ3) is 2.27. The molecule has 0 aliphatic rings. The van der Waals surface area contributed by atoms with Crippen LogP contribution in [0.3, 0.4) is 0 Å². The molecule has 0 saturated carbocycles. The van der Waals surface area contributed by atoms with E-state index < -0.39 is 0 Å². The third-order valence-corrected chi connectivity index (χ3v) is 2.96. The Kier molecular flexibility index (Phi) is 3.34. The van der Waals surface area contributed by atoms with Crippen LogP contribution in [0.5, 0.6) is 5.88 Å². The van der Waals surface area contributed by atoms with E-state index in [0.29, 0.717) is 15.7 Å². The highest BCUT2D eigenvalue weighted by Crippen LogP contribution is 2.28. The summed E-state index contributed by atoms with van der Waals surface area (Å²) in [6, 6.07) is 6.56. The van der Waals surface area contributed by atoms with Crippen LogP contribution in [-0.2, 0) is 16.4 Å². The number of nitrogens with zero attached hydrogens (tertiary/aromatic N) is 1. The summed E-state index contributed by atoms with van der Waals surface area (Å²) < 4.78 is 5.67. The summed E-state index contributed by atoms with van der Waals surface area (Å²) in [6.45, 7) is 0. The summed E-state index contributed by atoms with van der Waals surface area (Å²) in [5.74, 6) is 4.63. The molecule has 0 atom stereocenters. The fraction of sp³-hybridized carbons (Fsp3) is 0.100. The van der Waals surface area contributed by atoms with Crippen molar-refractivity contribution < 1.29 is 14.4 Å². The fourth-order valence-electron chi connectivity index (χ4n) is 1.48. The number of rotatable bonds is 3. The molecule has 2 rings (SSSR count). The Morgan fingerprint density at radius 3 is 2.88 bits per heavy atom. The second kappa shape index (κ2) is 4.76. The highest BCUT2D eigenvalue weighted by atomic mass is 32.2. The molecule has 0 aliphatic heterocycles. The molecule has 1 aromatic carbocycles. The van der Waals surface area contributed by atoms with E-state index in [0.717, 1.165) is 16.6 Å². The van der Waals surface area contributed by atoms with Gasteiger partial charge in [-0.3, -0.25) is 9.36 Å². The van der Waals surface area contributed by atoms with Crippen LogP contribution in [0.2, 0.25) is 0 Å². The van der Waals surface area contributed by atoms with Crippen molar-refractivity contribution in [3.63, 3.8) is 0 Å². The molecule has 7 heteroatoms. The Hall–Kier alpha value is -1.54. The maximum Gasteiger partial charge on any atom is 0.253 e. The van der Waals surface area contributed by atoms with Gasteiger partial charge in [0.25, 0.3) is 5.56 Å². The fourth-order valence-corrected chi connectivity index (χ4v) is 1.89. The second-order valence-corrected chi connectivity index (χ2v) is 4.14. The van der Waals surface area contributed by atoms with Crippen LogP contribution in [0.4, 0.5) is 0 Å². The lowest BCUT2D eigenvalue weighted by Gasteiger charge is -2.07. The van der Waals surface area contributed by atoms with Crippen molar-refractivity contribution in [2.75, 3.05) is 0 Å². The molecule has 3 N–H and O–H groups in total. The lowest BCUT2D eigenvalue weighted by atomic mass is 10.2. The lowest BCUT2D eigenvalue weighted by molar-refractivity contribution is -0.195. The third-order valence-electron chi connectivity index (χ3n) is 2.36. The smallest absolute Gasteiger partial charge is 0.253 e. The molecule has 0 bridgehead atoms. The molecule has 17 heavy (non-hydrogen) atoms. The van der Waals surface area contributed by atoms with Gasteiger partial charge >= 0.3 is 0 Å². The number of benzene rings is 1. The van der Waals surface area contributed by atoms with Gasteiger partial charge in [0.05, 0.1) is 12.0 Å². The highest BCUT2D eigenvalue weighted by Gasteiger charge is 2.07. The Bertz CT molecular complexity index is 611. The molecule has 0 unspecified atom stereocenters. The van der Waals surface area contributed by atoms with E-state index in [1.165, 1.54) is 13.1 Å². The zero-order chi connectivity index (χ0) is 12.4. The average Bonchev–Trinajstić information content (AvgIpc) is 2.34. The summed E-state index contributed by atoms with van der Waals surface area (Å²) in [5.41, 5.74) is -0.267. The van der Waals surface area contributed by atoms with Crippen LogP contribution in [-0.4, -0.2) is 9.67 Å². The van der Waals surface area contributed by atoms with Gasteiger partial charge in [0.2, 0.25) is 5.88 Å². The molecular weight excluding hydrogens is 244 g/mol. The van der Waals surface area contributed by atoms with E-state index in [1.54, 1.807) is 18.2 Å². The van der Waals surface area contributed by atoms with Gasteiger partial charge in [-0.1, -0.05) is 6.07 Å². The molecule has 0 aliphatic carbocycles. The predicted molar refractivity (Wildman–Crippen MR) is 63.1 cm³/mol. The lowest BCUT2D eigenvalue weighted by Crippen LogP contribution is -2.14. The number of aromatic hydroxyl groups is 1. The molecule has 0 saturated heterocycles. The second-order valence-electron chi connectivity index (χ2n) is 3.36. The standard InChI is InChI=1S/C10H10N2O4S/c1-12-9(13)4-6-2-3-7(17-16-15-11)5-8(6)10(12)14/h2-5,14H,11H2,1H3. The van der Waals surface area contributed by atoms with Crippen LogP contribution in [0, 0.1) is 0 Å². The van der Waals surface area contributed by atoms with Crippen LogP contribution in [0.1, 0.15) is 0 Å². The maximum atomic E-state index is 11.4. The van der Waals surface area contributed by atoms with Crippen LogP contribution in [0.15, 0.2) is 34.0 Å². The Morgan fingerprint density at radius 1 is 1.41 bits per heavy atom. The summed E-state index contributed by atoms with van der Waals surface area (Å²) >= 11 is 0.908. The minimum atomic E-state index is -0.267. The molecule has 0 radical (unpaired) electrons. The molecule has 1 aromatic heterocycles. The number of hydrogen-bond donors (Lipinski definition) is 2. The number of pyridine rings is 1. The average molecular weight is 254 g/mol. The van der Waals surface area contributed by atoms with Crippen molar-refractivity contribution in [1.29, 1.82) is 0 Å². The monoisotopic (exact) mass is 254 g/mol. The topological polar surface area (TPSA) is 86.7 Å². The van der Waals surface area contributed by atoms with Crippen molar-refractivity contribution in [2.24, 2.45) is 12.9 Å². The first-order valence-electron chi connectivity index (χ1n) is 4.66. The first-order valence-corrected chi connectivity index (χ1v) is 5.40. The Labute approximate surface area is 101 Å². The summed E-state index contributed by atoms with van der Waals surface area (Å²) in [4.78, 5) is 16.1. The van der Waals surface area contributed by atoms with Crippen molar-refractivity contribution in [3.05, 3.63) is 34.6 Å². The van der Waals surface area contributed by atoms with Crippen LogP contribution >= 0.6 is 12.0 Å². The van der Waals surface area contributed by atoms with E-state index in [9.17, 15) is 9.90 Å². The van der Waals surface area contributed by atoms with E-state index in [1.807, 2.05) is 0 Å². The molecule has 2 aromatic rings. The first-order chi connectivity index (χ1) is 8.13. The Balaban J connectivity index is 2.57. The number of aromatic nitrogens is 1. The summed E-state index contributed by atoms with van der Waals surface area (Å²) in [6.07, 6.45) is 0. The van der Waals surface area contributed by atoms with Crippen molar-refractivity contribution in [2.45, 2.75) is 4.90 Å². The Morgan fingerprint density at radius 2 is 2.18 bits per heavy atom. The quantitative estimate of drug-likeness (QED) is 0.484. The van der Waals surface area contributed by atoms with E-state index in [2.05, 4.69) is 9.32 Å². The summed E-state index contributed by atoms with van der Waals surface area (Å²) in [5, 5.41) is 11.1. The van der Waals surface area contributed by atoms with Gasteiger partial charge in [-0.15, -0.1) is 9.32 Å². The van der Waals surface area contributed by atoms with Gasteiger partial charge in [0, 0.05) is 23.4 Å². The first kappa shape index (κ1) is 11.9. The number of fused-ring (bicyclic) bond motifs is 1. The normalized spacial score (nSPS) is 10.9.